The molecule has 3 heteroatoms. The molecule has 15 heavy (non-hydrogen) atoms. The maximum atomic E-state index is 10.7. The predicted octanol–water partition coefficient (Wildman–Crippen LogP) is 3.07. The Balaban J connectivity index is 2.56. The largest absolute Gasteiger partial charge is 0.481 e. The van der Waals surface area contributed by atoms with Crippen LogP contribution in [0.2, 0.25) is 0 Å². The third-order valence-corrected chi connectivity index (χ3v) is 3.26. The summed E-state index contributed by atoms with van der Waals surface area (Å²) in [6, 6.07) is 11.9. The van der Waals surface area contributed by atoms with Gasteiger partial charge in [0.25, 0.3) is 0 Å². The average molecular weight is 312 g/mol. The van der Waals surface area contributed by atoms with Crippen molar-refractivity contribution in [2.75, 3.05) is 0 Å². The molecule has 2 aromatic rings. The lowest BCUT2D eigenvalue weighted by Crippen LogP contribution is -2.01. The molecule has 0 unspecified atom stereocenters. The Labute approximate surface area is 101 Å². The van der Waals surface area contributed by atoms with Crippen LogP contribution < -0.4 is 0 Å². The smallest absolute Gasteiger partial charge is 0.307 e. The standard InChI is InChI=1S/C12H9IO2/c13-11-6-9-4-2-1-3-8(9)5-10(11)7-12(14)15/h1-6H,7H2,(H,14,15). The van der Waals surface area contributed by atoms with Crippen LogP contribution in [-0.4, -0.2) is 11.1 Å². The molecule has 0 amide bonds. The molecule has 2 nitrogen and oxygen atoms in total. The summed E-state index contributed by atoms with van der Waals surface area (Å²) in [5.74, 6) is -0.789. The van der Waals surface area contributed by atoms with Crippen LogP contribution in [0, 0.1) is 3.57 Å². The third kappa shape index (κ3) is 2.28. The normalized spacial score (nSPS) is 10.5. The van der Waals surface area contributed by atoms with Crippen molar-refractivity contribution < 1.29 is 9.90 Å². The second kappa shape index (κ2) is 4.18. The highest BCUT2D eigenvalue weighted by molar-refractivity contribution is 14.1. The van der Waals surface area contributed by atoms with Gasteiger partial charge in [-0.15, -0.1) is 0 Å². The molecule has 2 aromatic carbocycles. The van der Waals surface area contributed by atoms with E-state index in [0.717, 1.165) is 19.9 Å². The highest BCUT2D eigenvalue weighted by Crippen LogP contribution is 2.21. The first-order valence-corrected chi connectivity index (χ1v) is 5.63. The average Bonchev–Trinajstić information content (AvgIpc) is 2.18. The van der Waals surface area contributed by atoms with Gasteiger partial charge in [0.2, 0.25) is 0 Å². The van der Waals surface area contributed by atoms with E-state index >= 15 is 0 Å². The predicted molar refractivity (Wildman–Crippen MR) is 68.0 cm³/mol. The van der Waals surface area contributed by atoms with E-state index in [1.807, 2.05) is 36.4 Å². The van der Waals surface area contributed by atoms with Crippen molar-refractivity contribution in [1.29, 1.82) is 0 Å². The molecular formula is C12H9IO2. The molecule has 0 atom stereocenters. The van der Waals surface area contributed by atoms with Gasteiger partial charge >= 0.3 is 5.97 Å². The Bertz CT molecular complexity index is 520. The van der Waals surface area contributed by atoms with E-state index in [0.29, 0.717) is 0 Å². The van der Waals surface area contributed by atoms with Gasteiger partial charge in [-0.05, 0) is 51.1 Å². The summed E-state index contributed by atoms with van der Waals surface area (Å²) >= 11 is 2.18. The van der Waals surface area contributed by atoms with E-state index in [9.17, 15) is 4.79 Å². The highest BCUT2D eigenvalue weighted by Gasteiger charge is 2.06. The van der Waals surface area contributed by atoms with E-state index < -0.39 is 5.97 Å². The summed E-state index contributed by atoms with van der Waals surface area (Å²) in [6.45, 7) is 0. The van der Waals surface area contributed by atoms with Crippen LogP contribution in [0.3, 0.4) is 0 Å². The fourth-order valence-electron chi connectivity index (χ4n) is 1.56. The molecule has 0 radical (unpaired) electrons. The van der Waals surface area contributed by atoms with Crippen molar-refractivity contribution in [2.45, 2.75) is 6.42 Å². The summed E-state index contributed by atoms with van der Waals surface area (Å²) in [4.78, 5) is 10.7. The van der Waals surface area contributed by atoms with E-state index in [1.54, 1.807) is 0 Å². The van der Waals surface area contributed by atoms with Crippen LogP contribution in [0.1, 0.15) is 5.56 Å². The zero-order chi connectivity index (χ0) is 10.8. The van der Waals surface area contributed by atoms with Crippen molar-refractivity contribution >= 4 is 39.3 Å². The SMILES string of the molecule is O=C(O)Cc1cc2ccccc2cc1I. The van der Waals surface area contributed by atoms with E-state index in [1.165, 1.54) is 0 Å². The number of fused-ring (bicyclic) bond motifs is 1. The second-order valence-electron chi connectivity index (χ2n) is 3.36. The lowest BCUT2D eigenvalue weighted by atomic mass is 10.1. The number of hydrogen-bond acceptors (Lipinski definition) is 1. The van der Waals surface area contributed by atoms with Gasteiger partial charge < -0.3 is 5.11 Å². The number of aliphatic carboxylic acids is 1. The monoisotopic (exact) mass is 312 g/mol. The van der Waals surface area contributed by atoms with Gasteiger partial charge in [-0.25, -0.2) is 0 Å². The minimum atomic E-state index is -0.789. The van der Waals surface area contributed by atoms with Crippen LogP contribution in [0.5, 0.6) is 0 Å². The van der Waals surface area contributed by atoms with Gasteiger partial charge in [0.1, 0.15) is 0 Å². The van der Waals surface area contributed by atoms with Gasteiger partial charge in [-0.2, -0.15) is 0 Å². The first kappa shape index (κ1) is 10.4. The maximum Gasteiger partial charge on any atom is 0.307 e. The Morgan fingerprint density at radius 1 is 1.20 bits per heavy atom. The number of carbonyl (C=O) groups is 1. The Hall–Kier alpha value is -1.10. The Kier molecular flexibility index (Phi) is 2.90. The van der Waals surface area contributed by atoms with Gasteiger partial charge in [0.15, 0.2) is 0 Å². The molecule has 2 rings (SSSR count). The summed E-state index contributed by atoms with van der Waals surface area (Å²) < 4.78 is 1.01. The van der Waals surface area contributed by atoms with E-state index in [2.05, 4.69) is 22.6 Å². The fourth-order valence-corrected chi connectivity index (χ4v) is 2.24. The minimum Gasteiger partial charge on any atom is -0.481 e. The number of halogens is 1. The minimum absolute atomic E-state index is 0.0864. The van der Waals surface area contributed by atoms with Crippen LogP contribution in [0.15, 0.2) is 36.4 Å². The number of hydrogen-bond donors (Lipinski definition) is 1. The molecule has 0 aliphatic heterocycles. The van der Waals surface area contributed by atoms with Gasteiger partial charge in [-0.1, -0.05) is 24.3 Å². The quantitative estimate of drug-likeness (QED) is 0.865. The van der Waals surface area contributed by atoms with Gasteiger partial charge in [-0.3, -0.25) is 4.79 Å². The van der Waals surface area contributed by atoms with Gasteiger partial charge in [0.05, 0.1) is 6.42 Å². The maximum absolute atomic E-state index is 10.7. The van der Waals surface area contributed by atoms with Crippen LogP contribution in [-0.2, 0) is 11.2 Å². The summed E-state index contributed by atoms with van der Waals surface area (Å²) in [6.07, 6.45) is 0.0864. The molecular weight excluding hydrogens is 303 g/mol. The van der Waals surface area contributed by atoms with Crippen molar-refractivity contribution in [3.63, 3.8) is 0 Å². The Morgan fingerprint density at radius 3 is 2.40 bits per heavy atom. The lowest BCUT2D eigenvalue weighted by molar-refractivity contribution is -0.136. The molecule has 0 aromatic heterocycles. The van der Waals surface area contributed by atoms with Crippen LogP contribution in [0.25, 0.3) is 10.8 Å². The van der Waals surface area contributed by atoms with Crippen molar-refractivity contribution in [3.8, 4) is 0 Å². The molecule has 0 aliphatic carbocycles. The zero-order valence-electron chi connectivity index (χ0n) is 7.90. The van der Waals surface area contributed by atoms with Crippen LogP contribution >= 0.6 is 22.6 Å². The van der Waals surface area contributed by atoms with Crippen molar-refractivity contribution in [3.05, 3.63) is 45.5 Å². The molecule has 0 heterocycles. The number of carboxylic acids is 1. The first-order chi connectivity index (χ1) is 7.16. The topological polar surface area (TPSA) is 37.3 Å². The van der Waals surface area contributed by atoms with Crippen LogP contribution in [0.4, 0.5) is 0 Å². The van der Waals surface area contributed by atoms with Crippen molar-refractivity contribution in [2.24, 2.45) is 0 Å². The lowest BCUT2D eigenvalue weighted by Gasteiger charge is -2.04. The molecule has 0 fully saturated rings. The van der Waals surface area contributed by atoms with Crippen molar-refractivity contribution in [1.82, 2.24) is 0 Å². The molecule has 0 bridgehead atoms. The molecule has 1 N–H and O–H groups in total. The number of carboxylic acid groups (broad SMARTS) is 1. The highest BCUT2D eigenvalue weighted by atomic mass is 127. The second-order valence-corrected chi connectivity index (χ2v) is 4.52. The summed E-state index contributed by atoms with van der Waals surface area (Å²) in [5, 5.41) is 11.0. The molecule has 0 saturated carbocycles. The third-order valence-electron chi connectivity index (χ3n) is 2.26. The molecule has 76 valence electrons. The number of benzene rings is 2. The molecule has 0 saturated heterocycles. The summed E-state index contributed by atoms with van der Waals surface area (Å²) in [5.41, 5.74) is 0.877. The zero-order valence-corrected chi connectivity index (χ0v) is 10.1. The molecule has 0 aliphatic rings. The first-order valence-electron chi connectivity index (χ1n) is 4.56. The van der Waals surface area contributed by atoms with Gasteiger partial charge in [0, 0.05) is 3.57 Å². The fraction of sp³-hybridized carbons (Fsp3) is 0.0833. The van der Waals surface area contributed by atoms with E-state index in [-0.39, 0.29) is 6.42 Å². The number of rotatable bonds is 2. The molecule has 0 spiro atoms. The Morgan fingerprint density at radius 2 is 1.80 bits per heavy atom. The van der Waals surface area contributed by atoms with E-state index in [4.69, 9.17) is 5.11 Å². The summed E-state index contributed by atoms with van der Waals surface area (Å²) in [7, 11) is 0.